The Bertz CT molecular complexity index is 366. The fourth-order valence-electron chi connectivity index (χ4n) is 2.19. The highest BCUT2D eigenvalue weighted by molar-refractivity contribution is 6.33. The molecule has 0 aliphatic rings. The normalized spacial score (nSPS) is 12.5. The Hall–Kier alpha value is -0.730. The predicted octanol–water partition coefficient (Wildman–Crippen LogP) is 4.25. The molecule has 1 aromatic rings. The van der Waals surface area contributed by atoms with Gasteiger partial charge in [-0.15, -0.1) is 0 Å². The lowest BCUT2D eigenvalue weighted by atomic mass is 10.1. The first-order valence-corrected chi connectivity index (χ1v) is 7.29. The van der Waals surface area contributed by atoms with Crippen LogP contribution in [0.5, 0.6) is 0 Å². The summed E-state index contributed by atoms with van der Waals surface area (Å²) in [6.07, 6.45) is 1.14. The number of nitrogens with zero attached hydrogens (tertiary/aromatic N) is 1. The number of hydrogen-bond acceptors (Lipinski definition) is 2. The van der Waals surface area contributed by atoms with Crippen LogP contribution in [0.3, 0.4) is 0 Å². The number of benzene rings is 1. The maximum Gasteiger partial charge on any atom is 0.0642 e. The molecule has 0 radical (unpaired) electrons. The summed E-state index contributed by atoms with van der Waals surface area (Å²) in [5.74, 6) is 0. The van der Waals surface area contributed by atoms with Gasteiger partial charge in [0.2, 0.25) is 0 Å². The van der Waals surface area contributed by atoms with Crippen LogP contribution in [0.2, 0.25) is 5.02 Å². The van der Waals surface area contributed by atoms with Gasteiger partial charge in [-0.2, -0.15) is 0 Å². The fourth-order valence-corrected chi connectivity index (χ4v) is 2.50. The summed E-state index contributed by atoms with van der Waals surface area (Å²) >= 11 is 6.41. The van der Waals surface area contributed by atoms with Gasteiger partial charge in [-0.3, -0.25) is 0 Å². The summed E-state index contributed by atoms with van der Waals surface area (Å²) in [4.78, 5) is 2.32. The Balaban J connectivity index is 2.90. The second-order valence-electron chi connectivity index (χ2n) is 4.57. The molecule has 1 N–H and O–H groups in total. The van der Waals surface area contributed by atoms with Gasteiger partial charge in [-0.05, 0) is 44.5 Å². The molecule has 0 aliphatic carbocycles. The second-order valence-corrected chi connectivity index (χ2v) is 4.98. The van der Waals surface area contributed by atoms with Crippen LogP contribution in [0, 0.1) is 0 Å². The molecule has 0 aliphatic heterocycles. The van der Waals surface area contributed by atoms with E-state index >= 15 is 0 Å². The van der Waals surface area contributed by atoms with Crippen LogP contribution in [0.4, 0.5) is 5.69 Å². The van der Waals surface area contributed by atoms with E-state index in [2.05, 4.69) is 56.1 Å². The van der Waals surface area contributed by atoms with Crippen molar-refractivity contribution in [1.82, 2.24) is 5.32 Å². The lowest BCUT2D eigenvalue weighted by molar-refractivity contribution is 0.598. The lowest BCUT2D eigenvalue weighted by Crippen LogP contribution is -2.24. The van der Waals surface area contributed by atoms with Gasteiger partial charge >= 0.3 is 0 Å². The Labute approximate surface area is 116 Å². The van der Waals surface area contributed by atoms with Gasteiger partial charge in [0, 0.05) is 19.1 Å². The first-order valence-electron chi connectivity index (χ1n) is 6.91. The molecule has 0 heterocycles. The zero-order valence-electron chi connectivity index (χ0n) is 12.0. The molecular formula is C15H25ClN2. The summed E-state index contributed by atoms with van der Waals surface area (Å²) in [6.45, 7) is 11.7. The van der Waals surface area contributed by atoms with Crippen LogP contribution in [0.15, 0.2) is 18.2 Å². The molecule has 1 unspecified atom stereocenters. The molecule has 1 atom stereocenters. The summed E-state index contributed by atoms with van der Waals surface area (Å²) in [5, 5.41) is 4.26. The Morgan fingerprint density at radius 2 is 2.00 bits per heavy atom. The van der Waals surface area contributed by atoms with Gasteiger partial charge in [-0.1, -0.05) is 31.5 Å². The molecule has 0 spiro atoms. The third-order valence-corrected chi connectivity index (χ3v) is 3.50. The fraction of sp³-hybridized carbons (Fsp3) is 0.600. The highest BCUT2D eigenvalue weighted by Gasteiger charge is 2.11. The largest absolute Gasteiger partial charge is 0.371 e. The summed E-state index contributed by atoms with van der Waals surface area (Å²) < 4.78 is 0. The number of halogens is 1. The summed E-state index contributed by atoms with van der Waals surface area (Å²) in [5.41, 5.74) is 2.40. The van der Waals surface area contributed by atoms with Crippen LogP contribution in [-0.4, -0.2) is 19.6 Å². The molecule has 3 heteroatoms. The third-order valence-electron chi connectivity index (χ3n) is 3.20. The standard InChI is InChI=1S/C15H25ClN2/c1-5-10-18(7-3)15-9-8-13(11-14(15)16)12(4)17-6-2/h8-9,11-12,17H,5-7,10H2,1-4H3. The summed E-state index contributed by atoms with van der Waals surface area (Å²) in [6, 6.07) is 6.75. The maximum atomic E-state index is 6.41. The number of nitrogens with one attached hydrogen (secondary N) is 1. The molecule has 102 valence electrons. The van der Waals surface area contributed by atoms with Gasteiger partial charge in [0.05, 0.1) is 10.7 Å². The average molecular weight is 269 g/mol. The van der Waals surface area contributed by atoms with E-state index in [0.29, 0.717) is 6.04 Å². The predicted molar refractivity (Wildman–Crippen MR) is 81.7 cm³/mol. The van der Waals surface area contributed by atoms with Crippen LogP contribution in [0.1, 0.15) is 45.7 Å². The van der Waals surface area contributed by atoms with E-state index in [-0.39, 0.29) is 0 Å². The van der Waals surface area contributed by atoms with E-state index in [0.717, 1.165) is 36.8 Å². The van der Waals surface area contributed by atoms with Crippen molar-refractivity contribution in [2.75, 3.05) is 24.5 Å². The van der Waals surface area contributed by atoms with E-state index in [4.69, 9.17) is 11.6 Å². The topological polar surface area (TPSA) is 15.3 Å². The first kappa shape index (κ1) is 15.3. The molecule has 0 bridgehead atoms. The first-order chi connectivity index (χ1) is 8.63. The number of rotatable bonds is 7. The molecule has 0 saturated carbocycles. The molecule has 0 fully saturated rings. The minimum absolute atomic E-state index is 0.350. The van der Waals surface area contributed by atoms with Crippen molar-refractivity contribution in [3.05, 3.63) is 28.8 Å². The summed E-state index contributed by atoms with van der Waals surface area (Å²) in [7, 11) is 0. The minimum Gasteiger partial charge on any atom is -0.371 e. The van der Waals surface area contributed by atoms with E-state index in [1.807, 2.05) is 0 Å². The van der Waals surface area contributed by atoms with Crippen molar-refractivity contribution in [3.8, 4) is 0 Å². The molecule has 2 nitrogen and oxygen atoms in total. The Morgan fingerprint density at radius 1 is 1.28 bits per heavy atom. The van der Waals surface area contributed by atoms with Gasteiger partial charge in [0.15, 0.2) is 0 Å². The molecular weight excluding hydrogens is 244 g/mol. The van der Waals surface area contributed by atoms with Crippen LogP contribution >= 0.6 is 11.6 Å². The molecule has 1 aromatic carbocycles. The van der Waals surface area contributed by atoms with E-state index < -0.39 is 0 Å². The molecule has 0 saturated heterocycles. The quantitative estimate of drug-likeness (QED) is 0.795. The van der Waals surface area contributed by atoms with Crippen molar-refractivity contribution in [1.29, 1.82) is 0 Å². The van der Waals surface area contributed by atoms with Crippen molar-refractivity contribution < 1.29 is 0 Å². The van der Waals surface area contributed by atoms with E-state index in [1.165, 1.54) is 5.56 Å². The Kier molecular flexibility index (Phi) is 6.51. The zero-order valence-corrected chi connectivity index (χ0v) is 12.7. The Morgan fingerprint density at radius 3 is 2.50 bits per heavy atom. The van der Waals surface area contributed by atoms with Crippen LogP contribution in [-0.2, 0) is 0 Å². The van der Waals surface area contributed by atoms with E-state index in [1.54, 1.807) is 0 Å². The van der Waals surface area contributed by atoms with Crippen molar-refractivity contribution >= 4 is 17.3 Å². The van der Waals surface area contributed by atoms with E-state index in [9.17, 15) is 0 Å². The van der Waals surface area contributed by atoms with Crippen molar-refractivity contribution in [2.45, 2.75) is 40.2 Å². The minimum atomic E-state index is 0.350. The van der Waals surface area contributed by atoms with Crippen LogP contribution < -0.4 is 10.2 Å². The zero-order chi connectivity index (χ0) is 13.5. The number of anilines is 1. The number of hydrogen-bond donors (Lipinski definition) is 1. The van der Waals surface area contributed by atoms with Gasteiger partial charge in [0.1, 0.15) is 0 Å². The molecule has 0 amide bonds. The average Bonchev–Trinajstić information content (AvgIpc) is 2.36. The van der Waals surface area contributed by atoms with Crippen LogP contribution in [0.25, 0.3) is 0 Å². The second kappa shape index (κ2) is 7.65. The monoisotopic (exact) mass is 268 g/mol. The van der Waals surface area contributed by atoms with Gasteiger partial charge in [-0.25, -0.2) is 0 Å². The van der Waals surface area contributed by atoms with Crippen molar-refractivity contribution in [2.24, 2.45) is 0 Å². The molecule has 18 heavy (non-hydrogen) atoms. The van der Waals surface area contributed by atoms with Gasteiger partial charge in [0.25, 0.3) is 0 Å². The smallest absolute Gasteiger partial charge is 0.0642 e. The molecule has 0 aromatic heterocycles. The molecule has 1 rings (SSSR count). The highest BCUT2D eigenvalue weighted by atomic mass is 35.5. The van der Waals surface area contributed by atoms with Crippen molar-refractivity contribution in [3.63, 3.8) is 0 Å². The van der Waals surface area contributed by atoms with Gasteiger partial charge < -0.3 is 10.2 Å². The third kappa shape index (κ3) is 3.89. The maximum absolute atomic E-state index is 6.41. The SMILES string of the molecule is CCCN(CC)c1ccc(C(C)NCC)cc1Cl. The highest BCUT2D eigenvalue weighted by Crippen LogP contribution is 2.29. The lowest BCUT2D eigenvalue weighted by Gasteiger charge is -2.24.